The smallest absolute Gasteiger partial charge is 0.235 e. The third kappa shape index (κ3) is 3.18. The molecule has 0 fully saturated rings. The lowest BCUT2D eigenvalue weighted by Crippen LogP contribution is -2.30. The summed E-state index contributed by atoms with van der Waals surface area (Å²) in [5.41, 5.74) is 0.586. The average Bonchev–Trinajstić information content (AvgIpc) is 2.26. The van der Waals surface area contributed by atoms with E-state index in [1.165, 1.54) is 0 Å². The van der Waals surface area contributed by atoms with E-state index in [1.807, 2.05) is 6.07 Å². The Hall–Kier alpha value is -1.35. The minimum Gasteiger partial charge on any atom is -0.348 e. The molecule has 0 aliphatic heterocycles. The SMILES string of the molecule is O=C(CCl)NCC(=O)c1ccccc1. The fourth-order valence-electron chi connectivity index (χ4n) is 0.952. The van der Waals surface area contributed by atoms with Crippen LogP contribution < -0.4 is 5.32 Å². The molecule has 0 atom stereocenters. The van der Waals surface area contributed by atoms with Crippen LogP contribution in [0.1, 0.15) is 10.4 Å². The third-order valence-electron chi connectivity index (χ3n) is 1.66. The van der Waals surface area contributed by atoms with Gasteiger partial charge in [-0.1, -0.05) is 30.3 Å². The van der Waals surface area contributed by atoms with Crippen LogP contribution in [0.25, 0.3) is 0 Å². The largest absolute Gasteiger partial charge is 0.348 e. The van der Waals surface area contributed by atoms with Gasteiger partial charge in [-0.3, -0.25) is 9.59 Å². The van der Waals surface area contributed by atoms with Crippen molar-refractivity contribution in [3.05, 3.63) is 35.9 Å². The van der Waals surface area contributed by atoms with Crippen molar-refractivity contribution in [2.75, 3.05) is 12.4 Å². The minimum absolute atomic E-state index is 0.00440. The van der Waals surface area contributed by atoms with Crippen molar-refractivity contribution in [1.82, 2.24) is 5.32 Å². The fraction of sp³-hybridized carbons (Fsp3) is 0.200. The van der Waals surface area contributed by atoms with Gasteiger partial charge in [-0.25, -0.2) is 0 Å². The second-order valence-electron chi connectivity index (χ2n) is 2.70. The zero-order chi connectivity index (χ0) is 10.4. The number of hydrogen-bond donors (Lipinski definition) is 1. The maximum atomic E-state index is 11.4. The third-order valence-corrected chi connectivity index (χ3v) is 1.91. The van der Waals surface area contributed by atoms with Crippen molar-refractivity contribution < 1.29 is 9.59 Å². The maximum Gasteiger partial charge on any atom is 0.235 e. The molecular formula is C10H10ClNO2. The van der Waals surface area contributed by atoms with Gasteiger partial charge in [-0.15, -0.1) is 11.6 Å². The van der Waals surface area contributed by atoms with Crippen LogP contribution in [0.2, 0.25) is 0 Å². The molecule has 4 heteroatoms. The number of carbonyl (C=O) groups excluding carboxylic acids is 2. The maximum absolute atomic E-state index is 11.4. The van der Waals surface area contributed by atoms with Crippen LogP contribution in [0.3, 0.4) is 0 Å². The van der Waals surface area contributed by atoms with Gasteiger partial charge >= 0.3 is 0 Å². The van der Waals surface area contributed by atoms with Crippen molar-refractivity contribution in [2.45, 2.75) is 0 Å². The highest BCUT2D eigenvalue weighted by Crippen LogP contribution is 1.98. The minimum atomic E-state index is -0.337. The molecule has 74 valence electrons. The summed E-state index contributed by atoms with van der Waals surface area (Å²) in [7, 11) is 0. The van der Waals surface area contributed by atoms with E-state index in [4.69, 9.17) is 11.6 Å². The number of rotatable bonds is 4. The van der Waals surface area contributed by atoms with Crippen LogP contribution in [0.4, 0.5) is 0 Å². The number of alkyl halides is 1. The van der Waals surface area contributed by atoms with Crippen molar-refractivity contribution in [3.63, 3.8) is 0 Å². The summed E-state index contributed by atoms with van der Waals surface area (Å²) in [5, 5.41) is 2.41. The Kier molecular flexibility index (Phi) is 4.13. The Morgan fingerprint density at radius 2 is 1.86 bits per heavy atom. The molecule has 0 aromatic heterocycles. The first-order valence-corrected chi connectivity index (χ1v) is 4.68. The van der Waals surface area contributed by atoms with Gasteiger partial charge in [0.15, 0.2) is 5.78 Å². The van der Waals surface area contributed by atoms with Gasteiger partial charge in [0, 0.05) is 5.56 Å². The Balaban J connectivity index is 2.48. The first-order chi connectivity index (χ1) is 6.74. The van der Waals surface area contributed by atoms with E-state index < -0.39 is 0 Å². The number of carbonyl (C=O) groups is 2. The van der Waals surface area contributed by atoms with E-state index in [2.05, 4.69) is 5.32 Å². The van der Waals surface area contributed by atoms with Crippen molar-refractivity contribution >= 4 is 23.3 Å². The number of hydrogen-bond acceptors (Lipinski definition) is 2. The number of benzene rings is 1. The van der Waals surface area contributed by atoms with Crippen LogP contribution in [0.5, 0.6) is 0 Å². The lowest BCUT2D eigenvalue weighted by Gasteiger charge is -2.01. The second-order valence-corrected chi connectivity index (χ2v) is 2.97. The monoisotopic (exact) mass is 211 g/mol. The van der Waals surface area contributed by atoms with E-state index >= 15 is 0 Å². The van der Waals surface area contributed by atoms with Crippen LogP contribution in [-0.2, 0) is 4.79 Å². The van der Waals surface area contributed by atoms with Crippen LogP contribution in [-0.4, -0.2) is 24.1 Å². The summed E-state index contributed by atoms with van der Waals surface area (Å²) in [5.74, 6) is -0.581. The number of amides is 1. The quantitative estimate of drug-likeness (QED) is 0.602. The van der Waals surface area contributed by atoms with Gasteiger partial charge in [0.05, 0.1) is 6.54 Å². The van der Waals surface area contributed by atoms with Crippen molar-refractivity contribution in [3.8, 4) is 0 Å². The van der Waals surface area contributed by atoms with Crippen LogP contribution >= 0.6 is 11.6 Å². The Labute approximate surface area is 87.1 Å². The van der Waals surface area contributed by atoms with Gasteiger partial charge in [0.2, 0.25) is 5.91 Å². The van der Waals surface area contributed by atoms with E-state index in [9.17, 15) is 9.59 Å². The molecule has 0 radical (unpaired) electrons. The molecule has 0 saturated heterocycles. The summed E-state index contributed by atoms with van der Waals surface area (Å²) in [4.78, 5) is 22.2. The molecule has 1 aromatic rings. The Bertz CT molecular complexity index is 324. The van der Waals surface area contributed by atoms with Gasteiger partial charge in [0.25, 0.3) is 0 Å². The van der Waals surface area contributed by atoms with Crippen LogP contribution in [0, 0.1) is 0 Å². The molecular weight excluding hydrogens is 202 g/mol. The lowest BCUT2D eigenvalue weighted by atomic mass is 10.1. The molecule has 0 spiro atoms. The summed E-state index contributed by atoms with van der Waals surface area (Å²) in [6.45, 7) is -0.00440. The van der Waals surface area contributed by atoms with E-state index in [0.717, 1.165) is 0 Å². The fourth-order valence-corrected chi connectivity index (χ4v) is 1.05. The zero-order valence-corrected chi connectivity index (χ0v) is 8.25. The summed E-state index contributed by atoms with van der Waals surface area (Å²) >= 11 is 5.26. The predicted octanol–water partition coefficient (Wildman–Crippen LogP) is 1.22. The van der Waals surface area contributed by atoms with Gasteiger partial charge in [-0.05, 0) is 0 Å². The van der Waals surface area contributed by atoms with E-state index in [0.29, 0.717) is 5.56 Å². The molecule has 1 aromatic carbocycles. The molecule has 3 nitrogen and oxygen atoms in total. The first-order valence-electron chi connectivity index (χ1n) is 4.15. The van der Waals surface area contributed by atoms with Gasteiger partial charge in [0.1, 0.15) is 5.88 Å². The molecule has 1 rings (SSSR count). The van der Waals surface area contributed by atoms with Crippen molar-refractivity contribution in [2.24, 2.45) is 0 Å². The molecule has 0 unspecified atom stereocenters. The number of nitrogens with one attached hydrogen (secondary N) is 1. The molecule has 1 amide bonds. The first kappa shape index (κ1) is 10.7. The molecule has 1 N–H and O–H groups in total. The van der Waals surface area contributed by atoms with E-state index in [1.54, 1.807) is 24.3 Å². The highest BCUT2D eigenvalue weighted by molar-refractivity contribution is 6.27. The Morgan fingerprint density at radius 1 is 1.21 bits per heavy atom. The predicted molar refractivity (Wildman–Crippen MR) is 54.5 cm³/mol. The van der Waals surface area contributed by atoms with Gasteiger partial charge in [-0.2, -0.15) is 0 Å². The Morgan fingerprint density at radius 3 is 2.43 bits per heavy atom. The van der Waals surface area contributed by atoms with E-state index in [-0.39, 0.29) is 24.1 Å². The number of ketones is 1. The molecule has 0 aliphatic carbocycles. The molecule has 0 heterocycles. The number of Topliss-reactive ketones (excluding diaryl/α,β-unsaturated/α-hetero) is 1. The highest BCUT2D eigenvalue weighted by atomic mass is 35.5. The average molecular weight is 212 g/mol. The molecule has 14 heavy (non-hydrogen) atoms. The zero-order valence-electron chi connectivity index (χ0n) is 7.50. The van der Waals surface area contributed by atoms with Gasteiger partial charge < -0.3 is 5.32 Å². The van der Waals surface area contributed by atoms with Crippen LogP contribution in [0.15, 0.2) is 30.3 Å². The highest BCUT2D eigenvalue weighted by Gasteiger charge is 2.05. The molecule has 0 saturated carbocycles. The summed E-state index contributed by atoms with van der Waals surface area (Å²) < 4.78 is 0. The molecule has 0 aliphatic rings. The summed E-state index contributed by atoms with van der Waals surface area (Å²) in [6.07, 6.45) is 0. The standard InChI is InChI=1S/C10H10ClNO2/c11-6-10(14)12-7-9(13)8-4-2-1-3-5-8/h1-5H,6-7H2,(H,12,14). The molecule has 0 bridgehead atoms. The number of halogens is 1. The normalized spacial score (nSPS) is 9.50. The second kappa shape index (κ2) is 5.40. The lowest BCUT2D eigenvalue weighted by molar-refractivity contribution is -0.118. The summed E-state index contributed by atoms with van der Waals surface area (Å²) in [6, 6.07) is 8.78. The topological polar surface area (TPSA) is 46.2 Å². The van der Waals surface area contributed by atoms with Crippen molar-refractivity contribution in [1.29, 1.82) is 0 Å².